The number of hydrogen-bond donors (Lipinski definition) is 0. The molecule has 0 fully saturated rings. The molecule has 0 aromatic carbocycles. The van der Waals surface area contributed by atoms with Gasteiger partial charge in [-0.05, 0) is 27.7 Å². The molecule has 19 heavy (non-hydrogen) atoms. The zero-order valence-electron chi connectivity index (χ0n) is 12.1. The molecule has 0 bridgehead atoms. The van der Waals surface area contributed by atoms with Crippen molar-refractivity contribution in [3.63, 3.8) is 0 Å². The Morgan fingerprint density at radius 1 is 1.16 bits per heavy atom. The van der Waals surface area contributed by atoms with E-state index < -0.39 is 11.9 Å². The molecular weight excluding hydrogens is 246 g/mol. The fourth-order valence-corrected chi connectivity index (χ4v) is 2.40. The Morgan fingerprint density at radius 3 is 2.26 bits per heavy atom. The fourth-order valence-electron chi connectivity index (χ4n) is 2.40. The second-order valence-corrected chi connectivity index (χ2v) is 4.49. The van der Waals surface area contributed by atoms with Crippen LogP contribution < -0.4 is 0 Å². The molecule has 2 atom stereocenters. The largest absolute Gasteiger partial charge is 0.465 e. The summed E-state index contributed by atoms with van der Waals surface area (Å²) in [6.07, 6.45) is 0. The van der Waals surface area contributed by atoms with Gasteiger partial charge in [-0.3, -0.25) is 9.79 Å². The molecule has 0 amide bonds. The third-order valence-corrected chi connectivity index (χ3v) is 3.18. The summed E-state index contributed by atoms with van der Waals surface area (Å²) in [5, 5.41) is 0. The first-order valence-electron chi connectivity index (χ1n) is 6.53. The minimum Gasteiger partial charge on any atom is -0.465 e. The third kappa shape index (κ3) is 3.22. The molecule has 1 aliphatic rings. The third-order valence-electron chi connectivity index (χ3n) is 3.18. The van der Waals surface area contributed by atoms with Crippen LogP contribution in [-0.2, 0) is 19.1 Å². The minimum atomic E-state index is -0.511. The standard InChI is InChI=1S/C14H21NO4/c1-6-18-13(16)11-8(3)12(14(17)19-7-2)10(5)15-9(11)4/h8,11H,6-7H2,1-5H3/t8-,11?/m1/s1. The highest BCUT2D eigenvalue weighted by Crippen LogP contribution is 2.32. The van der Waals surface area contributed by atoms with Crippen molar-refractivity contribution in [3.05, 3.63) is 11.3 Å². The summed E-state index contributed by atoms with van der Waals surface area (Å²) in [6.45, 7) is 9.48. The number of carbonyl (C=O) groups is 2. The zero-order chi connectivity index (χ0) is 14.6. The van der Waals surface area contributed by atoms with Crippen molar-refractivity contribution in [3.8, 4) is 0 Å². The van der Waals surface area contributed by atoms with Crippen LogP contribution in [0.4, 0.5) is 0 Å². The highest BCUT2D eigenvalue weighted by Gasteiger charge is 2.38. The molecule has 1 aliphatic heterocycles. The maximum absolute atomic E-state index is 12.0. The number of carbonyl (C=O) groups excluding carboxylic acids is 2. The van der Waals surface area contributed by atoms with Gasteiger partial charge in [-0.1, -0.05) is 6.92 Å². The first-order valence-corrected chi connectivity index (χ1v) is 6.53. The Kier molecular flexibility index (Phi) is 5.27. The number of rotatable bonds is 4. The van der Waals surface area contributed by atoms with Gasteiger partial charge in [-0.2, -0.15) is 0 Å². The van der Waals surface area contributed by atoms with E-state index in [0.717, 1.165) is 0 Å². The smallest absolute Gasteiger partial charge is 0.336 e. The summed E-state index contributed by atoms with van der Waals surface area (Å²) >= 11 is 0. The molecule has 106 valence electrons. The van der Waals surface area contributed by atoms with Crippen LogP contribution >= 0.6 is 0 Å². The van der Waals surface area contributed by atoms with Crippen molar-refractivity contribution >= 4 is 17.7 Å². The quantitative estimate of drug-likeness (QED) is 0.732. The molecule has 0 aliphatic carbocycles. The van der Waals surface area contributed by atoms with Crippen LogP contribution in [0, 0.1) is 11.8 Å². The van der Waals surface area contributed by atoms with E-state index in [-0.39, 0.29) is 11.9 Å². The Labute approximate surface area is 113 Å². The molecule has 1 unspecified atom stereocenters. The first kappa shape index (κ1) is 15.4. The van der Waals surface area contributed by atoms with Crippen molar-refractivity contribution in [1.82, 2.24) is 0 Å². The SMILES string of the molecule is CCOC(=O)C1=C(C)N=C(C)C(C(=O)OCC)[C@H]1C. The van der Waals surface area contributed by atoms with Gasteiger partial charge in [-0.25, -0.2) is 4.79 Å². The molecule has 0 N–H and O–H groups in total. The van der Waals surface area contributed by atoms with E-state index in [9.17, 15) is 9.59 Å². The monoisotopic (exact) mass is 267 g/mol. The molecule has 0 saturated heterocycles. The summed E-state index contributed by atoms with van der Waals surface area (Å²) in [7, 11) is 0. The molecule has 0 saturated carbocycles. The minimum absolute atomic E-state index is 0.282. The Balaban J connectivity index is 3.08. The molecule has 1 heterocycles. The van der Waals surface area contributed by atoms with Crippen LogP contribution in [0.1, 0.15) is 34.6 Å². The van der Waals surface area contributed by atoms with Gasteiger partial charge in [0.2, 0.25) is 0 Å². The second-order valence-electron chi connectivity index (χ2n) is 4.49. The molecule has 1 rings (SSSR count). The predicted octanol–water partition coefficient (Wildman–Crippen LogP) is 2.11. The van der Waals surface area contributed by atoms with Crippen molar-refractivity contribution in [2.45, 2.75) is 34.6 Å². The van der Waals surface area contributed by atoms with Gasteiger partial charge in [0.15, 0.2) is 0 Å². The number of esters is 2. The fraction of sp³-hybridized carbons (Fsp3) is 0.643. The zero-order valence-corrected chi connectivity index (χ0v) is 12.1. The van der Waals surface area contributed by atoms with Crippen molar-refractivity contribution in [2.24, 2.45) is 16.8 Å². The van der Waals surface area contributed by atoms with Crippen LogP contribution in [0.5, 0.6) is 0 Å². The lowest BCUT2D eigenvalue weighted by atomic mass is 9.81. The lowest BCUT2D eigenvalue weighted by molar-refractivity contribution is -0.147. The average Bonchev–Trinajstić information content (AvgIpc) is 2.28. The van der Waals surface area contributed by atoms with Crippen LogP contribution in [-0.4, -0.2) is 30.9 Å². The van der Waals surface area contributed by atoms with E-state index in [4.69, 9.17) is 9.47 Å². The van der Waals surface area contributed by atoms with Gasteiger partial charge in [0, 0.05) is 17.3 Å². The van der Waals surface area contributed by atoms with Gasteiger partial charge >= 0.3 is 11.9 Å². The topological polar surface area (TPSA) is 65.0 Å². The van der Waals surface area contributed by atoms with E-state index in [2.05, 4.69) is 4.99 Å². The average molecular weight is 267 g/mol. The molecular formula is C14H21NO4. The van der Waals surface area contributed by atoms with E-state index in [1.54, 1.807) is 27.7 Å². The summed E-state index contributed by atoms with van der Waals surface area (Å²) in [6, 6.07) is 0. The van der Waals surface area contributed by atoms with E-state index in [1.165, 1.54) is 0 Å². The number of ether oxygens (including phenoxy) is 2. The highest BCUT2D eigenvalue weighted by molar-refractivity contribution is 6.05. The van der Waals surface area contributed by atoms with Crippen LogP contribution in [0.15, 0.2) is 16.3 Å². The Hall–Kier alpha value is -1.65. The molecule has 0 radical (unpaired) electrons. The van der Waals surface area contributed by atoms with Gasteiger partial charge in [-0.15, -0.1) is 0 Å². The van der Waals surface area contributed by atoms with Crippen molar-refractivity contribution in [1.29, 1.82) is 0 Å². The number of allylic oxidation sites excluding steroid dienone is 1. The van der Waals surface area contributed by atoms with Gasteiger partial charge in [0.25, 0.3) is 0 Å². The van der Waals surface area contributed by atoms with Gasteiger partial charge in [0.1, 0.15) is 5.92 Å². The Bertz CT molecular complexity index is 437. The normalized spacial score (nSPS) is 22.9. The Morgan fingerprint density at radius 2 is 1.74 bits per heavy atom. The predicted molar refractivity (Wildman–Crippen MR) is 71.7 cm³/mol. The maximum Gasteiger partial charge on any atom is 0.336 e. The van der Waals surface area contributed by atoms with Crippen LogP contribution in [0.25, 0.3) is 0 Å². The first-order chi connectivity index (χ1) is 8.93. The molecule has 5 heteroatoms. The summed E-state index contributed by atoms with van der Waals surface area (Å²) in [5.41, 5.74) is 1.76. The summed E-state index contributed by atoms with van der Waals surface area (Å²) < 4.78 is 10.1. The highest BCUT2D eigenvalue weighted by atomic mass is 16.5. The molecule has 0 aromatic heterocycles. The lowest BCUT2D eigenvalue weighted by Gasteiger charge is -2.28. The van der Waals surface area contributed by atoms with Gasteiger partial charge in [0.05, 0.1) is 18.8 Å². The number of aliphatic imine (C=N–C) groups is 1. The van der Waals surface area contributed by atoms with E-state index in [1.807, 2.05) is 6.92 Å². The summed E-state index contributed by atoms with van der Waals surface area (Å²) in [4.78, 5) is 28.2. The van der Waals surface area contributed by atoms with Crippen LogP contribution in [0.2, 0.25) is 0 Å². The van der Waals surface area contributed by atoms with Crippen molar-refractivity contribution in [2.75, 3.05) is 13.2 Å². The van der Waals surface area contributed by atoms with E-state index >= 15 is 0 Å². The lowest BCUT2D eigenvalue weighted by Crippen LogP contribution is -2.36. The summed E-state index contributed by atoms with van der Waals surface area (Å²) in [5.74, 6) is -1.54. The number of nitrogens with zero attached hydrogens (tertiary/aromatic N) is 1. The second kappa shape index (κ2) is 6.50. The van der Waals surface area contributed by atoms with Crippen LogP contribution in [0.3, 0.4) is 0 Å². The number of hydrogen-bond acceptors (Lipinski definition) is 5. The molecule has 5 nitrogen and oxygen atoms in total. The molecule has 0 spiro atoms. The van der Waals surface area contributed by atoms with E-state index in [0.29, 0.717) is 30.2 Å². The maximum atomic E-state index is 12.0. The molecule has 0 aromatic rings. The van der Waals surface area contributed by atoms with Gasteiger partial charge < -0.3 is 9.47 Å². The van der Waals surface area contributed by atoms with Crippen molar-refractivity contribution < 1.29 is 19.1 Å².